The maximum atomic E-state index is 8.70. The molecule has 0 aromatic heterocycles. The molecule has 0 aliphatic rings. The van der Waals surface area contributed by atoms with Crippen LogP contribution in [0.2, 0.25) is 0 Å². The van der Waals surface area contributed by atoms with Gasteiger partial charge in [-0.25, -0.2) is 0 Å². The van der Waals surface area contributed by atoms with Crippen LogP contribution in [0.25, 0.3) is 0 Å². The highest BCUT2D eigenvalue weighted by Crippen LogP contribution is 2.37. The maximum Gasteiger partial charge on any atom is 0.327 e. The molecule has 0 fully saturated rings. The van der Waals surface area contributed by atoms with E-state index in [9.17, 15) is 0 Å². The van der Waals surface area contributed by atoms with Crippen molar-refractivity contribution in [3.63, 3.8) is 0 Å². The topological polar surface area (TPSA) is 49.7 Å². The van der Waals surface area contributed by atoms with Gasteiger partial charge in [-0.3, -0.25) is 0 Å². The summed E-state index contributed by atoms with van der Waals surface area (Å²) >= 11 is 0. The van der Waals surface area contributed by atoms with Crippen LogP contribution in [-0.2, 0) is 4.52 Å². The van der Waals surface area contributed by atoms with Gasteiger partial charge in [0, 0.05) is 0 Å². The van der Waals surface area contributed by atoms with Crippen molar-refractivity contribution < 1.29 is 14.3 Å². The number of hydrogen-bond acceptors (Lipinski definition) is 3. The maximum absolute atomic E-state index is 8.70. The van der Waals surface area contributed by atoms with E-state index in [4.69, 9.17) is 14.3 Å². The minimum Gasteiger partial charge on any atom is -0.328 e. The first-order chi connectivity index (χ1) is 5.40. The zero-order chi connectivity index (χ0) is 9.78. The summed E-state index contributed by atoms with van der Waals surface area (Å²) in [5.74, 6) is 0.340. The third kappa shape index (κ3) is 4.36. The van der Waals surface area contributed by atoms with E-state index < -0.39 is 14.2 Å². The Labute approximate surface area is 75.8 Å². The van der Waals surface area contributed by atoms with E-state index in [2.05, 4.69) is 13.8 Å². The average molecular weight is 194 g/mol. The molecular weight excluding hydrogens is 175 g/mol. The van der Waals surface area contributed by atoms with Crippen molar-refractivity contribution in [2.24, 2.45) is 5.92 Å². The van der Waals surface area contributed by atoms with Crippen molar-refractivity contribution in [2.45, 2.75) is 46.1 Å². The SMILES string of the molecule is CCCC(C)C(C)(C)OP(O)O. The largest absolute Gasteiger partial charge is 0.328 e. The average Bonchev–Trinajstić information content (AvgIpc) is 1.85. The Balaban J connectivity index is 3.99. The fraction of sp³-hybridized carbons (Fsp3) is 1.00. The Hall–Kier alpha value is 0.310. The molecule has 0 spiro atoms. The molecule has 0 aliphatic carbocycles. The third-order valence-corrected chi connectivity index (χ3v) is 2.86. The lowest BCUT2D eigenvalue weighted by atomic mass is 9.89. The van der Waals surface area contributed by atoms with E-state index in [0.29, 0.717) is 5.92 Å². The predicted molar refractivity (Wildman–Crippen MR) is 50.6 cm³/mol. The van der Waals surface area contributed by atoms with E-state index in [1.165, 1.54) is 0 Å². The highest BCUT2D eigenvalue weighted by Gasteiger charge is 2.28. The fourth-order valence-electron chi connectivity index (χ4n) is 1.08. The summed E-state index contributed by atoms with van der Waals surface area (Å²) in [7, 11) is -2.23. The Morgan fingerprint density at radius 3 is 2.25 bits per heavy atom. The summed E-state index contributed by atoms with van der Waals surface area (Å²) in [4.78, 5) is 17.4. The van der Waals surface area contributed by atoms with Crippen molar-refractivity contribution in [1.82, 2.24) is 0 Å². The van der Waals surface area contributed by atoms with E-state index >= 15 is 0 Å². The van der Waals surface area contributed by atoms with Gasteiger partial charge in [0.1, 0.15) is 0 Å². The first kappa shape index (κ1) is 12.3. The molecule has 0 saturated heterocycles. The molecule has 0 saturated carbocycles. The molecule has 0 aromatic rings. The second-order valence-corrected chi connectivity index (χ2v) is 4.33. The molecule has 0 rings (SSSR count). The van der Waals surface area contributed by atoms with Crippen LogP contribution in [0.5, 0.6) is 0 Å². The Morgan fingerprint density at radius 1 is 1.42 bits per heavy atom. The summed E-state index contributed by atoms with van der Waals surface area (Å²) in [6, 6.07) is 0. The molecule has 1 unspecified atom stereocenters. The zero-order valence-electron chi connectivity index (χ0n) is 8.24. The molecule has 12 heavy (non-hydrogen) atoms. The molecule has 0 aromatic carbocycles. The van der Waals surface area contributed by atoms with Crippen LogP contribution in [-0.4, -0.2) is 15.4 Å². The normalized spacial score (nSPS) is 15.2. The summed E-state index contributed by atoms with van der Waals surface area (Å²) in [5.41, 5.74) is -0.439. The van der Waals surface area contributed by atoms with Gasteiger partial charge in [0.05, 0.1) is 5.60 Å². The molecular formula is C8H19O3P. The lowest BCUT2D eigenvalue weighted by molar-refractivity contribution is 0.0352. The monoisotopic (exact) mass is 194 g/mol. The van der Waals surface area contributed by atoms with Crippen LogP contribution in [0.15, 0.2) is 0 Å². The lowest BCUT2D eigenvalue weighted by Crippen LogP contribution is -2.30. The van der Waals surface area contributed by atoms with Crippen molar-refractivity contribution in [2.75, 3.05) is 0 Å². The minimum absolute atomic E-state index is 0.340. The van der Waals surface area contributed by atoms with E-state index in [1.54, 1.807) is 0 Å². The highest BCUT2D eigenvalue weighted by molar-refractivity contribution is 7.39. The van der Waals surface area contributed by atoms with Crippen LogP contribution in [0.1, 0.15) is 40.5 Å². The van der Waals surface area contributed by atoms with Gasteiger partial charge in [-0.15, -0.1) is 0 Å². The van der Waals surface area contributed by atoms with Crippen LogP contribution in [0.3, 0.4) is 0 Å². The molecule has 2 N–H and O–H groups in total. The fourth-order valence-corrected chi connectivity index (χ4v) is 1.68. The van der Waals surface area contributed by atoms with Gasteiger partial charge in [-0.2, -0.15) is 0 Å². The Kier molecular flexibility index (Phi) is 5.26. The molecule has 0 radical (unpaired) electrons. The van der Waals surface area contributed by atoms with Crippen LogP contribution >= 0.6 is 8.60 Å². The molecule has 74 valence electrons. The lowest BCUT2D eigenvalue weighted by Gasteiger charge is -2.31. The second-order valence-electron chi connectivity index (χ2n) is 3.64. The minimum atomic E-state index is -2.23. The van der Waals surface area contributed by atoms with Gasteiger partial charge >= 0.3 is 8.60 Å². The quantitative estimate of drug-likeness (QED) is 0.661. The molecule has 0 aliphatic heterocycles. The van der Waals surface area contributed by atoms with Crippen molar-refractivity contribution in [1.29, 1.82) is 0 Å². The summed E-state index contributed by atoms with van der Waals surface area (Å²) in [6.45, 7) is 7.93. The molecule has 1 atom stereocenters. The van der Waals surface area contributed by atoms with E-state index in [0.717, 1.165) is 12.8 Å². The molecule has 0 amide bonds. The predicted octanol–water partition coefficient (Wildman–Crippen LogP) is 2.43. The third-order valence-electron chi connectivity index (χ3n) is 2.23. The Bertz CT molecular complexity index is 125. The van der Waals surface area contributed by atoms with E-state index in [-0.39, 0.29) is 0 Å². The number of hydrogen-bond donors (Lipinski definition) is 2. The first-order valence-corrected chi connectivity index (χ1v) is 5.43. The standard InChI is InChI=1S/C8H19O3P/c1-5-6-7(2)8(3,4)11-12(9)10/h7,9-10H,5-6H2,1-4H3. The summed E-state index contributed by atoms with van der Waals surface area (Å²) in [6.07, 6.45) is 2.12. The van der Waals surface area contributed by atoms with Gasteiger partial charge in [0.2, 0.25) is 0 Å². The van der Waals surface area contributed by atoms with Crippen LogP contribution in [0.4, 0.5) is 0 Å². The molecule has 0 heterocycles. The van der Waals surface area contributed by atoms with Crippen molar-refractivity contribution in [3.8, 4) is 0 Å². The Morgan fingerprint density at radius 2 is 1.92 bits per heavy atom. The second kappa shape index (κ2) is 5.13. The molecule has 3 nitrogen and oxygen atoms in total. The van der Waals surface area contributed by atoms with Crippen molar-refractivity contribution >= 4 is 8.60 Å². The first-order valence-electron chi connectivity index (χ1n) is 4.27. The van der Waals surface area contributed by atoms with E-state index in [1.807, 2.05) is 13.8 Å². The van der Waals surface area contributed by atoms with Gasteiger partial charge < -0.3 is 14.3 Å². The van der Waals surface area contributed by atoms with Gasteiger partial charge in [-0.05, 0) is 26.2 Å². The van der Waals surface area contributed by atoms with Gasteiger partial charge in [0.25, 0.3) is 0 Å². The molecule has 0 bridgehead atoms. The van der Waals surface area contributed by atoms with Gasteiger partial charge in [-0.1, -0.05) is 20.3 Å². The summed E-state index contributed by atoms with van der Waals surface area (Å²) in [5, 5.41) is 0. The van der Waals surface area contributed by atoms with Crippen molar-refractivity contribution in [3.05, 3.63) is 0 Å². The smallest absolute Gasteiger partial charge is 0.327 e. The zero-order valence-corrected chi connectivity index (χ0v) is 9.14. The molecule has 4 heteroatoms. The summed E-state index contributed by atoms with van der Waals surface area (Å²) < 4.78 is 5.03. The van der Waals surface area contributed by atoms with Crippen LogP contribution in [0, 0.1) is 5.92 Å². The highest BCUT2D eigenvalue weighted by atomic mass is 31.2. The van der Waals surface area contributed by atoms with Crippen LogP contribution < -0.4 is 0 Å². The number of rotatable bonds is 5. The van der Waals surface area contributed by atoms with Gasteiger partial charge in [0.15, 0.2) is 0 Å².